The third-order valence-corrected chi connectivity index (χ3v) is 3.41. The molecule has 2 aromatic rings. The van der Waals surface area contributed by atoms with E-state index in [0.29, 0.717) is 0 Å². The van der Waals surface area contributed by atoms with Gasteiger partial charge in [-0.1, -0.05) is 34.8 Å². The fourth-order valence-electron chi connectivity index (χ4n) is 1.61. The van der Waals surface area contributed by atoms with Gasteiger partial charge in [0.25, 0.3) is 5.91 Å². The number of benzene rings is 2. The number of hydrogen-bond donors (Lipinski definition) is 2. The lowest BCUT2D eigenvalue weighted by molar-refractivity contribution is 0.101. The van der Waals surface area contributed by atoms with Crippen LogP contribution in [-0.4, -0.2) is 5.91 Å². The first-order valence-electron chi connectivity index (χ1n) is 5.50. The number of nitrogen functional groups attached to an aromatic ring is 1. The first-order chi connectivity index (χ1) is 9.81. The molecule has 0 aliphatic carbocycles. The Bertz CT molecular complexity index is 715. The first kappa shape index (κ1) is 15.8. The van der Waals surface area contributed by atoms with Crippen molar-refractivity contribution < 1.29 is 13.6 Å². The third kappa shape index (κ3) is 3.20. The van der Waals surface area contributed by atoms with Gasteiger partial charge in [0.15, 0.2) is 5.82 Å². The normalized spacial score (nSPS) is 10.5. The second kappa shape index (κ2) is 6.05. The van der Waals surface area contributed by atoms with Crippen LogP contribution in [0, 0.1) is 11.6 Å². The number of hydrogen-bond acceptors (Lipinski definition) is 2. The molecule has 0 aromatic heterocycles. The van der Waals surface area contributed by atoms with Gasteiger partial charge in [0.1, 0.15) is 11.4 Å². The molecule has 0 saturated heterocycles. The molecule has 0 bridgehead atoms. The Morgan fingerprint density at radius 1 is 1.10 bits per heavy atom. The molecule has 3 N–H and O–H groups in total. The molecule has 0 aliphatic heterocycles. The SMILES string of the molecule is Nc1ccc(F)c(C(=O)Nc2c(Cl)cc(Cl)cc2Cl)c1F. The molecule has 1 amide bonds. The quantitative estimate of drug-likeness (QED) is 0.767. The fraction of sp³-hybridized carbons (Fsp3) is 0. The summed E-state index contributed by atoms with van der Waals surface area (Å²) in [7, 11) is 0. The summed E-state index contributed by atoms with van der Waals surface area (Å²) in [5.41, 5.74) is 4.13. The van der Waals surface area contributed by atoms with E-state index in [1.165, 1.54) is 12.1 Å². The van der Waals surface area contributed by atoms with Gasteiger partial charge in [-0.2, -0.15) is 0 Å². The number of nitrogens with two attached hydrogens (primary N) is 1. The van der Waals surface area contributed by atoms with Gasteiger partial charge in [-0.25, -0.2) is 8.78 Å². The molecule has 0 radical (unpaired) electrons. The molecule has 8 heteroatoms. The summed E-state index contributed by atoms with van der Waals surface area (Å²) in [6.45, 7) is 0. The van der Waals surface area contributed by atoms with Gasteiger partial charge in [-0.15, -0.1) is 0 Å². The Morgan fingerprint density at radius 2 is 1.67 bits per heavy atom. The Kier molecular flexibility index (Phi) is 4.56. The largest absolute Gasteiger partial charge is 0.396 e. The van der Waals surface area contributed by atoms with Crippen molar-refractivity contribution in [1.82, 2.24) is 0 Å². The monoisotopic (exact) mass is 350 g/mol. The molecule has 0 atom stereocenters. The molecular weight excluding hydrogens is 345 g/mol. The maximum absolute atomic E-state index is 13.8. The van der Waals surface area contributed by atoms with Crippen molar-refractivity contribution in [3.05, 3.63) is 56.5 Å². The number of rotatable bonds is 2. The summed E-state index contributed by atoms with van der Waals surface area (Å²) in [5, 5.41) is 2.55. The van der Waals surface area contributed by atoms with Crippen LogP contribution in [0.15, 0.2) is 24.3 Å². The molecule has 2 aromatic carbocycles. The van der Waals surface area contributed by atoms with Crippen LogP contribution in [0.2, 0.25) is 15.1 Å². The zero-order chi connectivity index (χ0) is 15.7. The number of amides is 1. The Morgan fingerprint density at radius 3 is 2.24 bits per heavy atom. The van der Waals surface area contributed by atoms with E-state index in [2.05, 4.69) is 5.32 Å². The maximum Gasteiger partial charge on any atom is 0.261 e. The van der Waals surface area contributed by atoms with Gasteiger partial charge in [-0.3, -0.25) is 4.79 Å². The summed E-state index contributed by atoms with van der Waals surface area (Å²) in [6.07, 6.45) is 0. The van der Waals surface area contributed by atoms with Crippen LogP contribution in [0.5, 0.6) is 0 Å². The molecule has 21 heavy (non-hydrogen) atoms. The van der Waals surface area contributed by atoms with Crippen LogP contribution in [0.1, 0.15) is 10.4 Å². The van der Waals surface area contributed by atoms with Crippen molar-refractivity contribution in [2.75, 3.05) is 11.1 Å². The van der Waals surface area contributed by atoms with E-state index < -0.39 is 23.1 Å². The average molecular weight is 352 g/mol. The van der Waals surface area contributed by atoms with Crippen molar-refractivity contribution in [2.24, 2.45) is 0 Å². The van der Waals surface area contributed by atoms with Gasteiger partial charge in [0.2, 0.25) is 0 Å². The summed E-state index contributed by atoms with van der Waals surface area (Å²) >= 11 is 17.5. The van der Waals surface area contributed by atoms with E-state index in [1.54, 1.807) is 0 Å². The van der Waals surface area contributed by atoms with Crippen molar-refractivity contribution in [1.29, 1.82) is 0 Å². The second-order valence-corrected chi connectivity index (χ2v) is 5.27. The van der Waals surface area contributed by atoms with Crippen molar-refractivity contribution in [3.8, 4) is 0 Å². The van der Waals surface area contributed by atoms with Crippen LogP contribution in [-0.2, 0) is 0 Å². The molecule has 0 heterocycles. The Labute approximate surface area is 133 Å². The predicted molar refractivity (Wildman–Crippen MR) is 80.2 cm³/mol. The zero-order valence-corrected chi connectivity index (χ0v) is 12.5. The summed E-state index contributed by atoms with van der Waals surface area (Å²) in [6, 6.07) is 4.56. The van der Waals surface area contributed by atoms with E-state index in [0.717, 1.165) is 12.1 Å². The van der Waals surface area contributed by atoms with Gasteiger partial charge >= 0.3 is 0 Å². The molecule has 0 spiro atoms. The fourth-order valence-corrected chi connectivity index (χ4v) is 2.53. The summed E-state index contributed by atoms with van der Waals surface area (Å²) in [4.78, 5) is 12.0. The molecule has 2 rings (SSSR count). The van der Waals surface area contributed by atoms with Crippen LogP contribution >= 0.6 is 34.8 Å². The van der Waals surface area contributed by atoms with Gasteiger partial charge in [0, 0.05) is 5.02 Å². The number of anilines is 2. The highest BCUT2D eigenvalue weighted by Gasteiger charge is 2.21. The molecule has 110 valence electrons. The standard InChI is InChI=1S/C13H7Cl3F2N2O/c14-5-3-6(15)12(7(16)4-5)20-13(21)10-8(17)1-2-9(19)11(10)18/h1-4H,19H2,(H,20,21). The minimum atomic E-state index is -1.16. The van der Waals surface area contributed by atoms with Gasteiger partial charge in [0.05, 0.1) is 21.4 Å². The van der Waals surface area contributed by atoms with Gasteiger partial charge in [-0.05, 0) is 24.3 Å². The van der Waals surface area contributed by atoms with Crippen LogP contribution < -0.4 is 11.1 Å². The summed E-state index contributed by atoms with van der Waals surface area (Å²) < 4.78 is 27.4. The molecule has 0 unspecified atom stereocenters. The Hall–Kier alpha value is -1.56. The molecule has 3 nitrogen and oxygen atoms in total. The lowest BCUT2D eigenvalue weighted by Crippen LogP contribution is -2.17. The predicted octanol–water partition coefficient (Wildman–Crippen LogP) is 4.76. The zero-order valence-electron chi connectivity index (χ0n) is 10.2. The number of carbonyl (C=O) groups is 1. The maximum atomic E-state index is 13.8. The first-order valence-corrected chi connectivity index (χ1v) is 6.64. The Balaban J connectivity index is 2.42. The van der Waals surface area contributed by atoms with E-state index in [1.807, 2.05) is 0 Å². The highest BCUT2D eigenvalue weighted by Crippen LogP contribution is 2.34. The minimum absolute atomic E-state index is 0.00559. The number of carbonyl (C=O) groups excluding carboxylic acids is 1. The number of nitrogens with one attached hydrogen (secondary N) is 1. The second-order valence-electron chi connectivity index (χ2n) is 4.02. The number of halogens is 5. The van der Waals surface area contributed by atoms with Crippen molar-refractivity contribution in [3.63, 3.8) is 0 Å². The van der Waals surface area contributed by atoms with E-state index in [-0.39, 0.29) is 26.4 Å². The van der Waals surface area contributed by atoms with Gasteiger partial charge < -0.3 is 11.1 Å². The van der Waals surface area contributed by atoms with Crippen LogP contribution in [0.4, 0.5) is 20.2 Å². The van der Waals surface area contributed by atoms with Crippen LogP contribution in [0.25, 0.3) is 0 Å². The molecule has 0 fully saturated rings. The van der Waals surface area contributed by atoms with E-state index in [4.69, 9.17) is 40.5 Å². The highest BCUT2D eigenvalue weighted by atomic mass is 35.5. The van der Waals surface area contributed by atoms with E-state index >= 15 is 0 Å². The highest BCUT2D eigenvalue weighted by molar-refractivity contribution is 6.42. The molecule has 0 aliphatic rings. The third-order valence-electron chi connectivity index (χ3n) is 2.59. The van der Waals surface area contributed by atoms with E-state index in [9.17, 15) is 13.6 Å². The topological polar surface area (TPSA) is 55.1 Å². The minimum Gasteiger partial charge on any atom is -0.396 e. The molecular formula is C13H7Cl3F2N2O. The lowest BCUT2D eigenvalue weighted by Gasteiger charge is -2.11. The summed E-state index contributed by atoms with van der Waals surface area (Å²) in [5.74, 6) is -3.28. The van der Waals surface area contributed by atoms with Crippen molar-refractivity contribution in [2.45, 2.75) is 0 Å². The smallest absolute Gasteiger partial charge is 0.261 e. The van der Waals surface area contributed by atoms with Crippen LogP contribution in [0.3, 0.4) is 0 Å². The average Bonchev–Trinajstić information content (AvgIpc) is 2.38. The lowest BCUT2D eigenvalue weighted by atomic mass is 10.1. The van der Waals surface area contributed by atoms with Crippen molar-refractivity contribution >= 4 is 52.1 Å². The molecule has 0 saturated carbocycles.